The largest absolute Gasteiger partial charge is 0.327 e. The molecule has 1 fully saturated rings. The third-order valence-electron chi connectivity index (χ3n) is 4.59. The van der Waals surface area contributed by atoms with Crippen LogP contribution in [0.1, 0.15) is 17.1 Å². The number of benzene rings is 1. The maximum absolute atomic E-state index is 13.8. The number of piperazine rings is 1. The highest BCUT2D eigenvalue weighted by Crippen LogP contribution is 2.20. The summed E-state index contributed by atoms with van der Waals surface area (Å²) in [7, 11) is 2.15. The normalized spacial score (nSPS) is 16.2. The summed E-state index contributed by atoms with van der Waals surface area (Å²) < 4.78 is 16.0. The van der Waals surface area contributed by atoms with Gasteiger partial charge in [-0.05, 0) is 25.6 Å². The Balaban J connectivity index is 1.75. The molecule has 3 rings (SSSR count). The Morgan fingerprint density at radius 3 is 2.62 bits per heavy atom. The molecule has 0 N–H and O–H groups in total. The molecule has 6 heteroatoms. The maximum Gasteiger partial charge on any atom is 0.222 e. The van der Waals surface area contributed by atoms with Crippen LogP contribution in [-0.2, 0) is 13.1 Å². The average molecular weight is 327 g/mol. The van der Waals surface area contributed by atoms with E-state index in [-0.39, 0.29) is 5.69 Å². The van der Waals surface area contributed by atoms with Gasteiger partial charge in [-0.2, -0.15) is 0 Å². The highest BCUT2D eigenvalue weighted by molar-refractivity contribution is 5.47. The van der Waals surface area contributed by atoms with Gasteiger partial charge in [0.15, 0.2) is 0 Å². The van der Waals surface area contributed by atoms with E-state index in [2.05, 4.69) is 31.2 Å². The lowest BCUT2D eigenvalue weighted by Gasteiger charge is -2.32. The van der Waals surface area contributed by atoms with Crippen molar-refractivity contribution in [2.45, 2.75) is 20.0 Å². The van der Waals surface area contributed by atoms with Gasteiger partial charge in [-0.15, -0.1) is 0 Å². The van der Waals surface area contributed by atoms with E-state index >= 15 is 0 Å². The number of aromatic nitrogens is 2. The summed E-state index contributed by atoms with van der Waals surface area (Å²) >= 11 is 0. The van der Waals surface area contributed by atoms with Gasteiger partial charge in [-0.25, -0.2) is 14.2 Å². The quantitative estimate of drug-likeness (QED) is 0.809. The molecule has 0 saturated carbocycles. The summed E-state index contributed by atoms with van der Waals surface area (Å²) in [4.78, 5) is 12.4. The van der Waals surface area contributed by atoms with Crippen LogP contribution in [0.3, 0.4) is 0 Å². The van der Waals surface area contributed by atoms with Crippen LogP contribution in [0.15, 0.2) is 24.4 Å². The topological polar surface area (TPSA) is 28.7 Å². The van der Waals surface area contributed by atoms with Crippen LogP contribution >= 0.6 is 0 Å². The van der Waals surface area contributed by atoms with Crippen LogP contribution in [0.2, 0.25) is 0 Å². The molecule has 0 radical (unpaired) electrons. The predicted molar refractivity (Wildman–Crippen MR) is 91.5 cm³/mol. The van der Waals surface area contributed by atoms with E-state index in [0.29, 0.717) is 6.54 Å². The summed E-state index contributed by atoms with van der Waals surface area (Å²) in [5.74, 6) is 0.467. The highest BCUT2D eigenvalue weighted by Gasteiger charge is 2.17. The molecule has 0 atom stereocenters. The first-order valence-electron chi connectivity index (χ1n) is 8.14. The van der Waals surface area contributed by atoms with Gasteiger partial charge in [0, 0.05) is 45.5 Å². The molecule has 1 aromatic carbocycles. The molecule has 2 heterocycles. The zero-order valence-corrected chi connectivity index (χ0v) is 14.2. The molecule has 0 bridgehead atoms. The van der Waals surface area contributed by atoms with E-state index in [1.807, 2.05) is 19.2 Å². The number of rotatable bonds is 4. The Morgan fingerprint density at radius 1 is 1.21 bits per heavy atom. The van der Waals surface area contributed by atoms with Gasteiger partial charge in [-0.3, -0.25) is 4.90 Å². The number of imidazole rings is 1. The Labute approximate surface area is 142 Å². The van der Waals surface area contributed by atoms with Crippen LogP contribution in [-0.4, -0.2) is 52.6 Å². The molecular weight excluding hydrogens is 305 g/mol. The van der Waals surface area contributed by atoms with E-state index in [9.17, 15) is 4.39 Å². The number of hydrogen-bond donors (Lipinski definition) is 0. The van der Waals surface area contributed by atoms with Gasteiger partial charge in [0.25, 0.3) is 0 Å². The van der Waals surface area contributed by atoms with E-state index in [4.69, 9.17) is 6.57 Å². The monoisotopic (exact) mass is 327 g/mol. The third-order valence-corrected chi connectivity index (χ3v) is 4.59. The Kier molecular flexibility index (Phi) is 4.93. The van der Waals surface area contributed by atoms with Gasteiger partial charge in [-0.1, -0.05) is 12.1 Å². The second kappa shape index (κ2) is 7.12. The fourth-order valence-corrected chi connectivity index (χ4v) is 3.01. The number of likely N-dealkylation sites (N-methyl/N-ethyl adjacent to an activating group) is 1. The molecule has 1 aromatic heterocycles. The van der Waals surface area contributed by atoms with E-state index < -0.39 is 5.82 Å². The minimum atomic E-state index is -0.458. The highest BCUT2D eigenvalue weighted by atomic mass is 19.1. The number of hydrogen-bond acceptors (Lipinski definition) is 3. The zero-order valence-electron chi connectivity index (χ0n) is 14.2. The summed E-state index contributed by atoms with van der Waals surface area (Å²) in [5.41, 5.74) is 2.06. The molecule has 5 nitrogen and oxygen atoms in total. The van der Waals surface area contributed by atoms with Crippen molar-refractivity contribution < 1.29 is 4.39 Å². The first-order chi connectivity index (χ1) is 11.6. The predicted octanol–water partition coefficient (Wildman–Crippen LogP) is 2.68. The van der Waals surface area contributed by atoms with Gasteiger partial charge < -0.3 is 9.47 Å². The summed E-state index contributed by atoms with van der Waals surface area (Å²) in [5, 5.41) is 0. The standard InChI is InChI=1S/C18H22FN5/c1-14-21-11-16(13-23-8-6-22(3)7-9-23)24(14)12-15-4-5-18(20-2)17(19)10-15/h4-5,10-11H,6-9,12-13H2,1,3H3. The summed E-state index contributed by atoms with van der Waals surface area (Å²) in [6, 6.07) is 4.81. The first-order valence-corrected chi connectivity index (χ1v) is 8.14. The lowest BCUT2D eigenvalue weighted by atomic mass is 10.2. The Morgan fingerprint density at radius 2 is 1.96 bits per heavy atom. The Bertz CT molecular complexity index is 753. The van der Waals surface area contributed by atoms with Gasteiger partial charge in [0.1, 0.15) is 11.6 Å². The van der Waals surface area contributed by atoms with Gasteiger partial charge >= 0.3 is 0 Å². The SMILES string of the molecule is [C-]#[N+]c1ccc(Cn2c(CN3CCN(C)CC3)cnc2C)cc1F. The molecule has 1 aliphatic heterocycles. The van der Waals surface area contributed by atoms with Crippen molar-refractivity contribution in [2.75, 3.05) is 33.2 Å². The number of halogens is 1. The van der Waals surface area contributed by atoms with Crippen molar-refractivity contribution in [2.24, 2.45) is 0 Å². The van der Waals surface area contributed by atoms with Crippen molar-refractivity contribution in [3.05, 3.63) is 58.7 Å². The van der Waals surface area contributed by atoms with Crippen molar-refractivity contribution >= 4 is 5.69 Å². The molecule has 2 aromatic rings. The van der Waals surface area contributed by atoms with E-state index in [1.165, 1.54) is 6.07 Å². The lowest BCUT2D eigenvalue weighted by Crippen LogP contribution is -2.44. The lowest BCUT2D eigenvalue weighted by molar-refractivity contribution is 0.145. The smallest absolute Gasteiger partial charge is 0.222 e. The second-order valence-electron chi connectivity index (χ2n) is 6.36. The van der Waals surface area contributed by atoms with Crippen LogP contribution in [0.25, 0.3) is 4.85 Å². The molecule has 0 aliphatic carbocycles. The molecule has 0 unspecified atom stereocenters. The van der Waals surface area contributed by atoms with Crippen molar-refractivity contribution in [1.29, 1.82) is 0 Å². The fraction of sp³-hybridized carbons (Fsp3) is 0.444. The zero-order chi connectivity index (χ0) is 17.1. The molecule has 1 aliphatic rings. The molecule has 0 amide bonds. The average Bonchev–Trinajstić information content (AvgIpc) is 2.90. The van der Waals surface area contributed by atoms with E-state index in [0.717, 1.165) is 49.8 Å². The molecule has 24 heavy (non-hydrogen) atoms. The number of nitrogens with zero attached hydrogens (tertiary/aromatic N) is 5. The Hall–Kier alpha value is -2.23. The van der Waals surface area contributed by atoms with Crippen LogP contribution in [0, 0.1) is 19.3 Å². The third kappa shape index (κ3) is 3.64. The number of aryl methyl sites for hydroxylation is 1. The van der Waals surface area contributed by atoms with E-state index in [1.54, 1.807) is 6.07 Å². The van der Waals surface area contributed by atoms with Crippen molar-refractivity contribution in [3.63, 3.8) is 0 Å². The summed E-state index contributed by atoms with van der Waals surface area (Å²) in [6.07, 6.45) is 1.91. The van der Waals surface area contributed by atoms with Crippen molar-refractivity contribution in [1.82, 2.24) is 19.4 Å². The van der Waals surface area contributed by atoms with Crippen LogP contribution in [0.4, 0.5) is 10.1 Å². The molecular formula is C18H22FN5. The van der Waals surface area contributed by atoms with Crippen LogP contribution < -0.4 is 0 Å². The minimum Gasteiger partial charge on any atom is -0.327 e. The van der Waals surface area contributed by atoms with Crippen molar-refractivity contribution in [3.8, 4) is 0 Å². The fourth-order valence-electron chi connectivity index (χ4n) is 3.01. The first kappa shape index (κ1) is 16.6. The molecule has 126 valence electrons. The second-order valence-corrected chi connectivity index (χ2v) is 6.36. The molecule has 0 spiro atoms. The molecule has 1 saturated heterocycles. The van der Waals surface area contributed by atoms with Gasteiger partial charge in [0.05, 0.1) is 12.3 Å². The van der Waals surface area contributed by atoms with Gasteiger partial charge in [0.2, 0.25) is 5.69 Å². The minimum absolute atomic E-state index is 0.0683. The van der Waals surface area contributed by atoms with Crippen LogP contribution in [0.5, 0.6) is 0 Å². The maximum atomic E-state index is 13.8. The summed E-state index contributed by atoms with van der Waals surface area (Å²) in [6.45, 7) is 14.6.